The lowest BCUT2D eigenvalue weighted by atomic mass is 9.72. The first-order valence-corrected chi connectivity index (χ1v) is 10.3. The summed E-state index contributed by atoms with van der Waals surface area (Å²) in [6.45, 7) is 3.15. The minimum Gasteiger partial charge on any atom is -0.381 e. The summed E-state index contributed by atoms with van der Waals surface area (Å²) < 4.78 is 11.3. The second kappa shape index (κ2) is 7.60. The number of hydrogen-bond acceptors (Lipinski definition) is 5. The first kappa shape index (κ1) is 17.2. The molecule has 2 aliphatic heterocycles. The summed E-state index contributed by atoms with van der Waals surface area (Å²) in [5.74, 6) is 0.985. The van der Waals surface area contributed by atoms with E-state index in [-0.39, 0.29) is 11.6 Å². The van der Waals surface area contributed by atoms with Crippen LogP contribution in [0.1, 0.15) is 56.6 Å². The highest BCUT2D eigenvalue weighted by Crippen LogP contribution is 2.44. The number of anilines is 1. The van der Waals surface area contributed by atoms with Crippen molar-refractivity contribution >= 4 is 22.5 Å². The van der Waals surface area contributed by atoms with Gasteiger partial charge in [0, 0.05) is 37.7 Å². The van der Waals surface area contributed by atoms with E-state index in [4.69, 9.17) is 9.47 Å². The first-order chi connectivity index (χ1) is 12.2. The summed E-state index contributed by atoms with van der Waals surface area (Å²) in [5.41, 5.74) is 1.22. The molecule has 25 heavy (non-hydrogen) atoms. The zero-order chi connectivity index (χ0) is 17.1. The van der Waals surface area contributed by atoms with Crippen molar-refractivity contribution in [1.82, 2.24) is 10.3 Å². The Hall–Kier alpha value is -1.18. The predicted octanol–water partition coefficient (Wildman–Crippen LogP) is 3.51. The number of rotatable bonds is 4. The lowest BCUT2D eigenvalue weighted by Gasteiger charge is -2.47. The lowest BCUT2D eigenvalue weighted by molar-refractivity contribution is -0.142. The van der Waals surface area contributed by atoms with Gasteiger partial charge in [0.1, 0.15) is 0 Å². The molecular formula is C18H27N3O3S. The maximum absolute atomic E-state index is 12.2. The molecule has 1 aromatic rings. The molecule has 0 radical (unpaired) electrons. The van der Waals surface area contributed by atoms with Crippen LogP contribution in [0, 0.1) is 5.92 Å². The largest absolute Gasteiger partial charge is 0.381 e. The Morgan fingerprint density at radius 3 is 2.88 bits per heavy atom. The number of hydrogen-bond donors (Lipinski definition) is 2. The molecule has 3 aliphatic rings. The molecule has 0 bridgehead atoms. The van der Waals surface area contributed by atoms with Crippen LogP contribution in [-0.2, 0) is 9.47 Å². The second-order valence-corrected chi connectivity index (χ2v) is 8.40. The number of carbonyl (C=O) groups is 1. The normalized spacial score (nSPS) is 26.2. The van der Waals surface area contributed by atoms with Crippen LogP contribution in [0.25, 0.3) is 0 Å². The molecule has 2 saturated heterocycles. The number of urea groups is 1. The van der Waals surface area contributed by atoms with Gasteiger partial charge in [-0.05, 0) is 50.9 Å². The van der Waals surface area contributed by atoms with E-state index in [1.165, 1.54) is 30.6 Å². The highest BCUT2D eigenvalue weighted by Gasteiger charge is 2.42. The van der Waals surface area contributed by atoms with Crippen LogP contribution in [-0.4, -0.2) is 43.0 Å². The maximum atomic E-state index is 12.2. The van der Waals surface area contributed by atoms with Gasteiger partial charge in [0.2, 0.25) is 0 Å². The summed E-state index contributed by atoms with van der Waals surface area (Å²) in [7, 11) is 0. The molecule has 2 amide bonds. The van der Waals surface area contributed by atoms with Gasteiger partial charge in [-0.25, -0.2) is 9.78 Å². The molecule has 1 saturated carbocycles. The molecule has 4 rings (SSSR count). The fraction of sp³-hybridized carbons (Fsp3) is 0.778. The Bertz CT molecular complexity index is 596. The minimum absolute atomic E-state index is 0.134. The van der Waals surface area contributed by atoms with Crippen LogP contribution < -0.4 is 10.6 Å². The van der Waals surface area contributed by atoms with Gasteiger partial charge in [0.25, 0.3) is 0 Å². The van der Waals surface area contributed by atoms with Crippen molar-refractivity contribution in [3.8, 4) is 0 Å². The molecule has 0 aromatic carbocycles. The van der Waals surface area contributed by atoms with E-state index in [0.29, 0.717) is 17.0 Å². The molecule has 3 fully saturated rings. The van der Waals surface area contributed by atoms with Gasteiger partial charge >= 0.3 is 6.03 Å². The number of nitrogens with one attached hydrogen (secondary N) is 2. The monoisotopic (exact) mass is 365 g/mol. The zero-order valence-electron chi connectivity index (χ0n) is 14.6. The van der Waals surface area contributed by atoms with Crippen LogP contribution in [0.4, 0.5) is 9.93 Å². The van der Waals surface area contributed by atoms with Crippen LogP contribution in [0.3, 0.4) is 0 Å². The summed E-state index contributed by atoms with van der Waals surface area (Å²) >= 11 is 1.50. The first-order valence-electron chi connectivity index (χ1n) is 9.44. The Kier molecular flexibility index (Phi) is 5.24. The van der Waals surface area contributed by atoms with Crippen LogP contribution in [0.15, 0.2) is 5.38 Å². The zero-order valence-corrected chi connectivity index (χ0v) is 15.4. The molecule has 6 nitrogen and oxygen atoms in total. The van der Waals surface area contributed by atoms with Crippen LogP contribution >= 0.6 is 11.3 Å². The molecule has 7 heteroatoms. The highest BCUT2D eigenvalue weighted by molar-refractivity contribution is 7.13. The van der Waals surface area contributed by atoms with Gasteiger partial charge in [-0.15, -0.1) is 11.3 Å². The number of amides is 2. The molecular weight excluding hydrogens is 338 g/mol. The van der Waals surface area contributed by atoms with Gasteiger partial charge in [-0.2, -0.15) is 0 Å². The van der Waals surface area contributed by atoms with Crippen LogP contribution in [0.2, 0.25) is 0 Å². The Balaban J connectivity index is 1.23. The summed E-state index contributed by atoms with van der Waals surface area (Å²) in [5, 5.41) is 8.64. The predicted molar refractivity (Wildman–Crippen MR) is 97.2 cm³/mol. The second-order valence-electron chi connectivity index (χ2n) is 7.54. The van der Waals surface area contributed by atoms with Crippen molar-refractivity contribution in [2.24, 2.45) is 5.92 Å². The third-order valence-electron chi connectivity index (χ3n) is 5.79. The summed E-state index contributed by atoms with van der Waals surface area (Å²) in [6.07, 6.45) is 7.79. The summed E-state index contributed by atoms with van der Waals surface area (Å²) in [4.78, 5) is 16.8. The average Bonchev–Trinajstić information content (AvgIpc) is 3.08. The van der Waals surface area contributed by atoms with E-state index >= 15 is 0 Å². The third kappa shape index (κ3) is 4.15. The van der Waals surface area contributed by atoms with Crippen molar-refractivity contribution in [3.05, 3.63) is 11.1 Å². The molecule has 1 unspecified atom stereocenters. The van der Waals surface area contributed by atoms with Crippen molar-refractivity contribution in [3.63, 3.8) is 0 Å². The fourth-order valence-corrected chi connectivity index (χ4v) is 4.91. The molecule has 2 N–H and O–H groups in total. The molecule has 1 aromatic heterocycles. The van der Waals surface area contributed by atoms with Gasteiger partial charge in [0.15, 0.2) is 5.13 Å². The number of ether oxygens (including phenoxy) is 2. The molecule has 1 atom stereocenters. The van der Waals surface area contributed by atoms with Crippen molar-refractivity contribution in [1.29, 1.82) is 0 Å². The molecule has 3 heterocycles. The minimum atomic E-state index is -0.151. The number of nitrogens with zero attached hydrogens (tertiary/aromatic N) is 1. The van der Waals surface area contributed by atoms with Crippen molar-refractivity contribution in [2.45, 2.75) is 56.5 Å². The molecule has 1 aliphatic carbocycles. The number of carbonyl (C=O) groups excluding carboxylic acids is 1. The lowest BCUT2D eigenvalue weighted by Crippen LogP contribution is -2.47. The Labute approximate surface area is 152 Å². The topological polar surface area (TPSA) is 72.5 Å². The third-order valence-corrected chi connectivity index (χ3v) is 6.57. The van der Waals surface area contributed by atoms with E-state index in [1.807, 2.05) is 0 Å². The SMILES string of the molecule is O=C(NCC1CCOC2(CCC2)C1)Nc1nc(C2CCOCC2)cs1. The van der Waals surface area contributed by atoms with E-state index in [1.54, 1.807) is 0 Å². The highest BCUT2D eigenvalue weighted by atomic mass is 32.1. The van der Waals surface area contributed by atoms with E-state index in [0.717, 1.165) is 57.7 Å². The quantitative estimate of drug-likeness (QED) is 0.856. The van der Waals surface area contributed by atoms with E-state index in [9.17, 15) is 4.79 Å². The van der Waals surface area contributed by atoms with E-state index in [2.05, 4.69) is 21.0 Å². The Morgan fingerprint density at radius 2 is 2.12 bits per heavy atom. The number of aromatic nitrogens is 1. The van der Waals surface area contributed by atoms with Crippen molar-refractivity contribution in [2.75, 3.05) is 31.7 Å². The van der Waals surface area contributed by atoms with Gasteiger partial charge in [-0.1, -0.05) is 0 Å². The maximum Gasteiger partial charge on any atom is 0.321 e. The molecule has 138 valence electrons. The van der Waals surface area contributed by atoms with Gasteiger partial charge in [-0.3, -0.25) is 5.32 Å². The smallest absolute Gasteiger partial charge is 0.321 e. The van der Waals surface area contributed by atoms with Gasteiger partial charge < -0.3 is 14.8 Å². The Morgan fingerprint density at radius 1 is 1.28 bits per heavy atom. The average molecular weight is 365 g/mol. The van der Waals surface area contributed by atoms with Crippen molar-refractivity contribution < 1.29 is 14.3 Å². The number of thiazole rings is 1. The fourth-order valence-electron chi connectivity index (χ4n) is 4.13. The van der Waals surface area contributed by atoms with Crippen LogP contribution in [0.5, 0.6) is 0 Å². The standard InChI is InChI=1S/C18H27N3O3S/c22-16(19-11-13-2-9-24-18(10-13)5-1-6-18)21-17-20-15(12-25-17)14-3-7-23-8-4-14/h12-14H,1-11H2,(H2,19,20,21,22). The van der Waals surface area contributed by atoms with E-state index < -0.39 is 0 Å². The molecule has 1 spiro atoms. The summed E-state index contributed by atoms with van der Waals surface area (Å²) in [6, 6.07) is -0.151. The van der Waals surface area contributed by atoms with Gasteiger partial charge in [0.05, 0.1) is 11.3 Å².